The van der Waals surface area contributed by atoms with Crippen LogP contribution >= 0.6 is 11.3 Å². The summed E-state index contributed by atoms with van der Waals surface area (Å²) in [5.41, 5.74) is 2.26. The van der Waals surface area contributed by atoms with Gasteiger partial charge in [-0.25, -0.2) is 13.4 Å². The molecule has 7 heteroatoms. The Morgan fingerprint density at radius 2 is 1.76 bits per heavy atom. The molecule has 0 radical (unpaired) electrons. The van der Waals surface area contributed by atoms with Crippen molar-refractivity contribution in [2.75, 3.05) is 42.7 Å². The number of hydrogen-bond donors (Lipinski definition) is 0. The first-order valence-corrected chi connectivity index (χ1v) is 11.3. The van der Waals surface area contributed by atoms with E-state index in [1.165, 1.54) is 15.4 Å². The van der Waals surface area contributed by atoms with Gasteiger partial charge in [-0.1, -0.05) is 12.1 Å². The summed E-state index contributed by atoms with van der Waals surface area (Å²) < 4.78 is 28.5. The van der Waals surface area contributed by atoms with E-state index in [0.717, 1.165) is 31.7 Å². The maximum absolute atomic E-state index is 11.6. The molecule has 2 saturated heterocycles. The third kappa shape index (κ3) is 3.88. The molecule has 0 unspecified atom stereocenters. The summed E-state index contributed by atoms with van der Waals surface area (Å²) in [5.74, 6) is 1.03. The lowest BCUT2D eigenvalue weighted by Crippen LogP contribution is -2.40. The number of aromatic nitrogens is 1. The average molecular weight is 379 g/mol. The van der Waals surface area contributed by atoms with E-state index in [0.29, 0.717) is 19.0 Å². The van der Waals surface area contributed by atoms with Gasteiger partial charge >= 0.3 is 0 Å². The summed E-state index contributed by atoms with van der Waals surface area (Å²) in [6.07, 6.45) is 4.09. The fraction of sp³-hybridized carbons (Fsp3) is 0.500. The quantitative estimate of drug-likeness (QED) is 0.822. The maximum atomic E-state index is 11.6. The van der Waals surface area contributed by atoms with E-state index in [9.17, 15) is 8.42 Å². The van der Waals surface area contributed by atoms with E-state index < -0.39 is 9.84 Å². The van der Waals surface area contributed by atoms with Crippen molar-refractivity contribution in [1.82, 2.24) is 4.98 Å². The van der Waals surface area contributed by atoms with Gasteiger partial charge in [0.15, 0.2) is 9.84 Å². The number of anilines is 1. The predicted molar refractivity (Wildman–Crippen MR) is 101 cm³/mol. The highest BCUT2D eigenvalue weighted by molar-refractivity contribution is 7.91. The predicted octanol–water partition coefficient (Wildman–Crippen LogP) is 2.94. The van der Waals surface area contributed by atoms with Crippen LogP contribution in [0.25, 0.3) is 10.4 Å². The van der Waals surface area contributed by atoms with Crippen LogP contribution in [-0.4, -0.2) is 51.2 Å². The SMILES string of the molecule is O=S1(=O)CCN(c2ccc(-c3cnc(C4CCOCC4)s3)cc2)CC1. The lowest BCUT2D eigenvalue weighted by molar-refractivity contribution is 0.0853. The van der Waals surface area contributed by atoms with Gasteiger partial charge in [-0.3, -0.25) is 0 Å². The van der Waals surface area contributed by atoms with Crippen LogP contribution < -0.4 is 4.90 Å². The van der Waals surface area contributed by atoms with Crippen LogP contribution in [0.2, 0.25) is 0 Å². The molecule has 3 heterocycles. The van der Waals surface area contributed by atoms with Crippen molar-refractivity contribution in [2.24, 2.45) is 0 Å². The van der Waals surface area contributed by atoms with Gasteiger partial charge in [0.05, 0.1) is 21.4 Å². The largest absolute Gasteiger partial charge is 0.381 e. The molecule has 2 fully saturated rings. The highest BCUT2D eigenvalue weighted by Gasteiger charge is 2.22. The Bertz CT molecular complexity index is 810. The van der Waals surface area contributed by atoms with Gasteiger partial charge in [0.2, 0.25) is 0 Å². The highest BCUT2D eigenvalue weighted by Crippen LogP contribution is 2.35. The van der Waals surface area contributed by atoms with Gasteiger partial charge in [-0.05, 0) is 30.5 Å². The van der Waals surface area contributed by atoms with E-state index >= 15 is 0 Å². The molecule has 1 aromatic heterocycles. The van der Waals surface area contributed by atoms with E-state index in [-0.39, 0.29) is 11.5 Å². The summed E-state index contributed by atoms with van der Waals surface area (Å²) >= 11 is 1.77. The first kappa shape index (κ1) is 17.0. The normalized spacial score (nSPS) is 21.4. The fourth-order valence-electron chi connectivity index (χ4n) is 3.36. The van der Waals surface area contributed by atoms with Gasteiger partial charge < -0.3 is 9.64 Å². The fourth-order valence-corrected chi connectivity index (χ4v) is 5.66. The third-order valence-electron chi connectivity index (χ3n) is 4.96. The molecule has 0 aliphatic carbocycles. The van der Waals surface area contributed by atoms with Gasteiger partial charge in [0.25, 0.3) is 0 Å². The van der Waals surface area contributed by atoms with Crippen molar-refractivity contribution in [3.63, 3.8) is 0 Å². The summed E-state index contributed by atoms with van der Waals surface area (Å²) in [5, 5.41) is 1.21. The molecule has 25 heavy (non-hydrogen) atoms. The first-order valence-electron chi connectivity index (χ1n) is 8.70. The van der Waals surface area contributed by atoms with Crippen molar-refractivity contribution in [3.05, 3.63) is 35.5 Å². The summed E-state index contributed by atoms with van der Waals surface area (Å²) in [7, 11) is -2.84. The van der Waals surface area contributed by atoms with E-state index in [2.05, 4.69) is 34.1 Å². The molecule has 0 spiro atoms. The van der Waals surface area contributed by atoms with E-state index in [1.807, 2.05) is 6.20 Å². The minimum Gasteiger partial charge on any atom is -0.381 e. The number of rotatable bonds is 3. The van der Waals surface area contributed by atoms with Crippen molar-refractivity contribution >= 4 is 26.9 Å². The smallest absolute Gasteiger partial charge is 0.153 e. The Morgan fingerprint density at radius 3 is 2.44 bits per heavy atom. The summed E-state index contributed by atoms with van der Waals surface area (Å²) in [6.45, 7) is 2.83. The maximum Gasteiger partial charge on any atom is 0.153 e. The molecule has 2 aromatic rings. The molecule has 0 N–H and O–H groups in total. The zero-order valence-electron chi connectivity index (χ0n) is 14.1. The number of hydrogen-bond acceptors (Lipinski definition) is 6. The van der Waals surface area contributed by atoms with Crippen LogP contribution in [0.4, 0.5) is 5.69 Å². The minimum absolute atomic E-state index is 0.248. The number of sulfone groups is 1. The van der Waals surface area contributed by atoms with Crippen molar-refractivity contribution in [3.8, 4) is 10.4 Å². The molecule has 4 rings (SSSR count). The van der Waals surface area contributed by atoms with E-state index in [1.54, 1.807) is 11.3 Å². The van der Waals surface area contributed by atoms with Crippen LogP contribution in [-0.2, 0) is 14.6 Å². The number of benzene rings is 1. The summed E-state index contributed by atoms with van der Waals surface area (Å²) in [4.78, 5) is 7.96. The van der Waals surface area contributed by atoms with Crippen LogP contribution in [0.1, 0.15) is 23.8 Å². The second-order valence-electron chi connectivity index (χ2n) is 6.64. The van der Waals surface area contributed by atoms with Crippen LogP contribution in [0, 0.1) is 0 Å². The number of thiazole rings is 1. The molecule has 0 amide bonds. The van der Waals surface area contributed by atoms with Gasteiger partial charge in [0, 0.05) is 44.1 Å². The topological polar surface area (TPSA) is 59.5 Å². The lowest BCUT2D eigenvalue weighted by Gasteiger charge is -2.28. The van der Waals surface area contributed by atoms with Crippen LogP contribution in [0.15, 0.2) is 30.5 Å². The zero-order chi connectivity index (χ0) is 17.3. The van der Waals surface area contributed by atoms with Gasteiger partial charge in [0.1, 0.15) is 0 Å². The lowest BCUT2D eigenvalue weighted by atomic mass is 10.0. The van der Waals surface area contributed by atoms with Crippen molar-refractivity contribution in [2.45, 2.75) is 18.8 Å². The number of ether oxygens (including phenoxy) is 1. The Kier molecular flexibility index (Phi) is 4.80. The Morgan fingerprint density at radius 1 is 1.08 bits per heavy atom. The summed E-state index contributed by atoms with van der Waals surface area (Å²) in [6, 6.07) is 8.39. The minimum atomic E-state index is -2.84. The molecular weight excluding hydrogens is 356 g/mol. The Balaban J connectivity index is 1.46. The Labute approximate surface area is 152 Å². The van der Waals surface area contributed by atoms with Crippen molar-refractivity contribution in [1.29, 1.82) is 0 Å². The second-order valence-corrected chi connectivity index (χ2v) is 10.0. The molecule has 134 valence electrons. The standard InChI is InChI=1S/C18H22N2O3S2/c21-25(22)11-7-20(8-12-25)16-3-1-14(2-4-16)17-13-19-18(24-17)15-5-9-23-10-6-15/h1-4,13,15H,5-12H2. The second kappa shape index (κ2) is 7.05. The Hall–Kier alpha value is -1.44. The monoisotopic (exact) mass is 378 g/mol. The first-order chi connectivity index (χ1) is 12.1. The zero-order valence-corrected chi connectivity index (χ0v) is 15.7. The molecule has 0 atom stereocenters. The third-order valence-corrected chi connectivity index (χ3v) is 7.77. The molecule has 0 bridgehead atoms. The van der Waals surface area contributed by atoms with Gasteiger partial charge in [-0.15, -0.1) is 11.3 Å². The average Bonchev–Trinajstić information content (AvgIpc) is 3.13. The van der Waals surface area contributed by atoms with E-state index in [4.69, 9.17) is 4.74 Å². The van der Waals surface area contributed by atoms with Crippen LogP contribution in [0.5, 0.6) is 0 Å². The number of nitrogens with zero attached hydrogens (tertiary/aromatic N) is 2. The molecule has 1 aromatic carbocycles. The molecule has 2 aliphatic heterocycles. The molecule has 5 nitrogen and oxygen atoms in total. The highest BCUT2D eigenvalue weighted by atomic mass is 32.2. The van der Waals surface area contributed by atoms with Crippen molar-refractivity contribution < 1.29 is 13.2 Å². The molecule has 2 aliphatic rings. The molecule has 0 saturated carbocycles. The molecular formula is C18H22N2O3S2. The van der Waals surface area contributed by atoms with Gasteiger partial charge in [-0.2, -0.15) is 0 Å². The van der Waals surface area contributed by atoms with Crippen LogP contribution in [0.3, 0.4) is 0 Å².